The van der Waals surface area contributed by atoms with Crippen molar-refractivity contribution in [2.75, 3.05) is 0 Å². The highest BCUT2D eigenvalue weighted by Crippen LogP contribution is 2.43. The largest absolute Gasteiger partial charge is 0.501 e. The second-order valence-corrected chi connectivity index (χ2v) is 8.74. The predicted molar refractivity (Wildman–Crippen MR) is 83.2 cm³/mol. The molecule has 2 aliphatic carbocycles. The lowest BCUT2D eigenvalue weighted by atomic mass is 9.83. The summed E-state index contributed by atoms with van der Waals surface area (Å²) in [6.07, 6.45) is 6.05. The van der Waals surface area contributed by atoms with Crippen molar-refractivity contribution in [1.29, 1.82) is 0 Å². The molecule has 1 aromatic rings. The lowest BCUT2D eigenvalue weighted by Gasteiger charge is -2.23. The molecule has 0 aromatic heterocycles. The first kappa shape index (κ1) is 17.7. The van der Waals surface area contributed by atoms with E-state index in [9.17, 15) is 26.7 Å². The predicted octanol–water partition coefficient (Wildman–Crippen LogP) is 4.08. The molecule has 1 aromatic carbocycles. The highest BCUT2D eigenvalue weighted by molar-refractivity contribution is 7.92. The monoisotopic (exact) mass is 362 g/mol. The first-order chi connectivity index (χ1) is 11.2. The molecule has 1 fully saturated rings. The molecule has 7 heteroatoms. The summed E-state index contributed by atoms with van der Waals surface area (Å²) in [4.78, 5) is -0.776. The van der Waals surface area contributed by atoms with Crippen molar-refractivity contribution in [1.82, 2.24) is 0 Å². The zero-order valence-electron chi connectivity index (χ0n) is 13.3. The van der Waals surface area contributed by atoms with Crippen LogP contribution in [0.15, 0.2) is 17.0 Å². The molecule has 24 heavy (non-hydrogen) atoms. The molecule has 1 atom stereocenters. The molecule has 0 radical (unpaired) electrons. The van der Waals surface area contributed by atoms with Gasteiger partial charge in [0.1, 0.15) is 0 Å². The van der Waals surface area contributed by atoms with Crippen LogP contribution in [0.25, 0.3) is 0 Å². The van der Waals surface area contributed by atoms with E-state index in [4.69, 9.17) is 0 Å². The van der Waals surface area contributed by atoms with Crippen LogP contribution in [0.1, 0.15) is 61.3 Å². The maximum absolute atomic E-state index is 12.9. The summed E-state index contributed by atoms with van der Waals surface area (Å²) in [5.41, 5.74) is -3.87. The normalized spacial score (nSPS) is 22.6. The molecule has 0 heterocycles. The van der Waals surface area contributed by atoms with E-state index in [2.05, 4.69) is 0 Å². The van der Waals surface area contributed by atoms with Gasteiger partial charge in [-0.15, -0.1) is 0 Å². The maximum Gasteiger partial charge on any atom is 0.501 e. The third-order valence-electron chi connectivity index (χ3n) is 5.24. The van der Waals surface area contributed by atoms with Crippen molar-refractivity contribution in [3.63, 3.8) is 0 Å². The van der Waals surface area contributed by atoms with Crippen LogP contribution in [-0.2, 0) is 22.7 Å². The molecule has 1 N–H and O–H groups in total. The number of sulfone groups is 1. The Morgan fingerprint density at radius 1 is 1.08 bits per heavy atom. The second kappa shape index (κ2) is 6.33. The van der Waals surface area contributed by atoms with Gasteiger partial charge in [0.25, 0.3) is 9.84 Å². The summed E-state index contributed by atoms with van der Waals surface area (Å²) in [6, 6.07) is 2.55. The number of aliphatic hydroxyl groups is 1. The lowest BCUT2D eigenvalue weighted by Crippen LogP contribution is -2.25. The number of halogens is 3. The number of aliphatic hydroxyl groups excluding tert-OH is 1. The van der Waals surface area contributed by atoms with E-state index in [1.807, 2.05) is 0 Å². The maximum atomic E-state index is 12.9. The highest BCUT2D eigenvalue weighted by Gasteiger charge is 2.49. The Balaban J connectivity index is 2.01. The summed E-state index contributed by atoms with van der Waals surface area (Å²) in [6.45, 7) is 0. The summed E-state index contributed by atoms with van der Waals surface area (Å²) in [5, 5.41) is 10.1. The third kappa shape index (κ3) is 3.08. The minimum Gasteiger partial charge on any atom is -0.388 e. The van der Waals surface area contributed by atoms with Gasteiger partial charge in [0.05, 0.1) is 11.0 Å². The van der Waals surface area contributed by atoms with Crippen LogP contribution in [0.4, 0.5) is 13.2 Å². The number of hydrogen-bond donors (Lipinski definition) is 1. The Hall–Kier alpha value is -1.08. The fourth-order valence-electron chi connectivity index (χ4n) is 4.03. The van der Waals surface area contributed by atoms with Crippen molar-refractivity contribution in [3.8, 4) is 0 Å². The standard InChI is InChI=1S/C17H21F3O3S/c18-17(19,20)24(22,23)15-9-6-12(10-11-4-2-1-3-5-11)13-7-8-14(21)16(13)15/h6,9,11,14,21H,1-5,7-8,10H2. The van der Waals surface area contributed by atoms with Gasteiger partial charge in [0.2, 0.25) is 0 Å². The molecular formula is C17H21F3O3S. The molecule has 3 nitrogen and oxygen atoms in total. The summed E-state index contributed by atoms with van der Waals surface area (Å²) in [5.74, 6) is 0.491. The molecule has 1 unspecified atom stereocenters. The molecule has 134 valence electrons. The first-order valence-corrected chi connectivity index (χ1v) is 9.84. The van der Waals surface area contributed by atoms with Crippen molar-refractivity contribution in [3.05, 3.63) is 28.8 Å². The average molecular weight is 362 g/mol. The highest BCUT2D eigenvalue weighted by atomic mass is 32.2. The van der Waals surface area contributed by atoms with E-state index in [0.717, 1.165) is 43.7 Å². The minimum absolute atomic E-state index is 0.0272. The molecule has 0 spiro atoms. The van der Waals surface area contributed by atoms with Gasteiger partial charge >= 0.3 is 5.51 Å². The SMILES string of the molecule is O=S(=O)(c1ccc(CC2CCCCC2)c2c1C(O)CC2)C(F)(F)F. The van der Waals surface area contributed by atoms with Gasteiger partial charge in [0, 0.05) is 5.56 Å². The van der Waals surface area contributed by atoms with Crippen LogP contribution in [0.3, 0.4) is 0 Å². The van der Waals surface area contributed by atoms with Crippen LogP contribution < -0.4 is 0 Å². The fraction of sp³-hybridized carbons (Fsp3) is 0.647. The molecular weight excluding hydrogens is 341 g/mol. The van der Waals surface area contributed by atoms with Crippen molar-refractivity contribution in [2.24, 2.45) is 5.92 Å². The van der Waals surface area contributed by atoms with Crippen molar-refractivity contribution >= 4 is 9.84 Å². The van der Waals surface area contributed by atoms with E-state index in [1.165, 1.54) is 12.5 Å². The average Bonchev–Trinajstić information content (AvgIpc) is 2.90. The van der Waals surface area contributed by atoms with Gasteiger partial charge in [-0.3, -0.25) is 0 Å². The second-order valence-electron chi connectivity index (χ2n) is 6.83. The number of rotatable bonds is 3. The van der Waals surface area contributed by atoms with Gasteiger partial charge < -0.3 is 5.11 Å². The van der Waals surface area contributed by atoms with Crippen molar-refractivity contribution in [2.45, 2.75) is 67.9 Å². The number of hydrogen-bond acceptors (Lipinski definition) is 3. The van der Waals surface area contributed by atoms with Crippen molar-refractivity contribution < 1.29 is 26.7 Å². The third-order valence-corrected chi connectivity index (χ3v) is 6.79. The number of benzene rings is 1. The van der Waals surface area contributed by atoms with E-state index in [-0.39, 0.29) is 12.0 Å². The Bertz CT molecular complexity index is 719. The van der Waals surface area contributed by atoms with E-state index in [1.54, 1.807) is 0 Å². The summed E-state index contributed by atoms with van der Waals surface area (Å²) < 4.78 is 62.4. The van der Waals surface area contributed by atoms with Crippen LogP contribution in [0, 0.1) is 5.92 Å². The Morgan fingerprint density at radius 3 is 2.38 bits per heavy atom. The van der Waals surface area contributed by atoms with Crippen LogP contribution in [0.2, 0.25) is 0 Å². The van der Waals surface area contributed by atoms with Gasteiger partial charge in [0.15, 0.2) is 0 Å². The van der Waals surface area contributed by atoms with E-state index < -0.39 is 26.3 Å². The van der Waals surface area contributed by atoms with Crippen LogP contribution in [0.5, 0.6) is 0 Å². The first-order valence-electron chi connectivity index (χ1n) is 8.36. The molecule has 3 rings (SSSR count). The molecule has 0 bridgehead atoms. The van der Waals surface area contributed by atoms with Gasteiger partial charge in [-0.2, -0.15) is 13.2 Å². The van der Waals surface area contributed by atoms with Gasteiger partial charge in [-0.1, -0.05) is 38.2 Å². The molecule has 0 saturated heterocycles. The quantitative estimate of drug-likeness (QED) is 0.881. The van der Waals surface area contributed by atoms with Gasteiger partial charge in [-0.25, -0.2) is 8.42 Å². The molecule has 1 saturated carbocycles. The minimum atomic E-state index is -5.44. The smallest absolute Gasteiger partial charge is 0.388 e. The summed E-state index contributed by atoms with van der Waals surface area (Å²) >= 11 is 0. The van der Waals surface area contributed by atoms with E-state index >= 15 is 0 Å². The zero-order chi connectivity index (χ0) is 17.5. The number of alkyl halides is 3. The molecule has 0 amide bonds. The zero-order valence-corrected chi connectivity index (χ0v) is 14.1. The summed E-state index contributed by atoms with van der Waals surface area (Å²) in [7, 11) is -5.44. The van der Waals surface area contributed by atoms with Gasteiger partial charge in [-0.05, 0) is 42.4 Å². The topological polar surface area (TPSA) is 54.4 Å². The van der Waals surface area contributed by atoms with Crippen LogP contribution >= 0.6 is 0 Å². The Labute approximate surface area is 139 Å². The van der Waals surface area contributed by atoms with E-state index in [0.29, 0.717) is 17.9 Å². The van der Waals surface area contributed by atoms with Crippen LogP contribution in [-0.4, -0.2) is 19.0 Å². The lowest BCUT2D eigenvalue weighted by molar-refractivity contribution is -0.0437. The number of fused-ring (bicyclic) bond motifs is 1. The fourth-order valence-corrected chi connectivity index (χ4v) is 5.07. The Kier molecular flexibility index (Phi) is 4.68. The Morgan fingerprint density at radius 2 is 1.75 bits per heavy atom. The molecule has 2 aliphatic rings. The molecule has 0 aliphatic heterocycles.